The molecule has 0 aromatic carbocycles. The fourth-order valence-corrected chi connectivity index (χ4v) is 2.32. The van der Waals surface area contributed by atoms with Crippen molar-refractivity contribution in [3.05, 3.63) is 23.9 Å². The summed E-state index contributed by atoms with van der Waals surface area (Å²) in [6, 6.07) is 3.70. The van der Waals surface area contributed by atoms with Crippen LogP contribution in [-0.4, -0.2) is 30.5 Å². The smallest absolute Gasteiger partial charge is 0.255 e. The van der Waals surface area contributed by atoms with E-state index in [-0.39, 0.29) is 5.91 Å². The number of carbonyl (C=O) groups is 1. The van der Waals surface area contributed by atoms with Crippen LogP contribution in [0.4, 0.5) is 5.82 Å². The SMILES string of the molecule is CC(C)CCNC(=O)c1cccnc1N1CCCC1. The van der Waals surface area contributed by atoms with Crippen molar-refractivity contribution < 1.29 is 4.79 Å². The normalized spacial score (nSPS) is 15.0. The van der Waals surface area contributed by atoms with Gasteiger partial charge >= 0.3 is 0 Å². The van der Waals surface area contributed by atoms with Gasteiger partial charge in [0.2, 0.25) is 0 Å². The van der Waals surface area contributed by atoms with E-state index < -0.39 is 0 Å². The van der Waals surface area contributed by atoms with Gasteiger partial charge in [-0.25, -0.2) is 4.98 Å². The quantitative estimate of drug-likeness (QED) is 0.885. The highest BCUT2D eigenvalue weighted by Gasteiger charge is 2.20. The fraction of sp³-hybridized carbons (Fsp3) is 0.600. The Morgan fingerprint density at radius 2 is 2.16 bits per heavy atom. The Labute approximate surface area is 115 Å². The lowest BCUT2D eigenvalue weighted by molar-refractivity contribution is 0.0952. The molecule has 0 aliphatic carbocycles. The molecule has 4 nitrogen and oxygen atoms in total. The largest absolute Gasteiger partial charge is 0.356 e. The molecule has 1 saturated heterocycles. The van der Waals surface area contributed by atoms with Crippen LogP contribution in [0.25, 0.3) is 0 Å². The van der Waals surface area contributed by atoms with Crippen molar-refractivity contribution in [1.82, 2.24) is 10.3 Å². The summed E-state index contributed by atoms with van der Waals surface area (Å²) >= 11 is 0. The number of rotatable bonds is 5. The minimum absolute atomic E-state index is 0.00403. The molecule has 1 aromatic rings. The lowest BCUT2D eigenvalue weighted by atomic mass is 10.1. The molecule has 4 heteroatoms. The van der Waals surface area contributed by atoms with Gasteiger partial charge < -0.3 is 10.2 Å². The molecule has 0 atom stereocenters. The molecule has 1 amide bonds. The number of carbonyl (C=O) groups excluding carboxylic acids is 1. The summed E-state index contributed by atoms with van der Waals surface area (Å²) in [5.41, 5.74) is 0.702. The van der Waals surface area contributed by atoms with E-state index in [0.717, 1.165) is 31.9 Å². The third-order valence-corrected chi connectivity index (χ3v) is 3.44. The van der Waals surface area contributed by atoms with Gasteiger partial charge in [0.25, 0.3) is 5.91 Å². The highest BCUT2D eigenvalue weighted by atomic mass is 16.1. The van der Waals surface area contributed by atoms with E-state index in [9.17, 15) is 4.79 Å². The summed E-state index contributed by atoms with van der Waals surface area (Å²) in [6.45, 7) is 7.05. The van der Waals surface area contributed by atoms with Gasteiger partial charge in [-0.3, -0.25) is 4.79 Å². The Hall–Kier alpha value is -1.58. The van der Waals surface area contributed by atoms with Crippen LogP contribution in [0, 0.1) is 5.92 Å². The maximum Gasteiger partial charge on any atom is 0.255 e. The van der Waals surface area contributed by atoms with Crippen molar-refractivity contribution in [3.8, 4) is 0 Å². The number of amides is 1. The average Bonchev–Trinajstić information content (AvgIpc) is 2.92. The zero-order valence-corrected chi connectivity index (χ0v) is 11.9. The highest BCUT2D eigenvalue weighted by Crippen LogP contribution is 2.21. The predicted octanol–water partition coefficient (Wildman–Crippen LogP) is 2.46. The van der Waals surface area contributed by atoms with Crippen LogP contribution in [0.1, 0.15) is 43.5 Å². The molecule has 0 saturated carbocycles. The molecular formula is C15H23N3O. The van der Waals surface area contributed by atoms with E-state index in [1.807, 2.05) is 12.1 Å². The van der Waals surface area contributed by atoms with Crippen LogP contribution >= 0.6 is 0 Å². The Morgan fingerprint density at radius 3 is 2.84 bits per heavy atom. The van der Waals surface area contributed by atoms with Crippen LogP contribution in [-0.2, 0) is 0 Å². The minimum Gasteiger partial charge on any atom is -0.356 e. The third kappa shape index (κ3) is 3.69. The summed E-state index contributed by atoms with van der Waals surface area (Å²) in [6.07, 6.45) is 5.14. The summed E-state index contributed by atoms with van der Waals surface area (Å²) < 4.78 is 0. The minimum atomic E-state index is -0.00403. The first-order chi connectivity index (χ1) is 9.18. The number of hydrogen-bond donors (Lipinski definition) is 1. The van der Waals surface area contributed by atoms with Crippen molar-refractivity contribution in [3.63, 3.8) is 0 Å². The van der Waals surface area contributed by atoms with Crippen LogP contribution in [0.2, 0.25) is 0 Å². The number of anilines is 1. The molecule has 0 spiro atoms. The molecule has 2 rings (SSSR count). The van der Waals surface area contributed by atoms with Gasteiger partial charge in [0.1, 0.15) is 5.82 Å². The molecule has 1 aromatic heterocycles. The van der Waals surface area contributed by atoms with E-state index in [4.69, 9.17) is 0 Å². The van der Waals surface area contributed by atoms with Crippen LogP contribution in [0.5, 0.6) is 0 Å². The predicted molar refractivity (Wildman–Crippen MR) is 77.5 cm³/mol. The van der Waals surface area contributed by atoms with Crippen molar-refractivity contribution in [2.24, 2.45) is 5.92 Å². The van der Waals surface area contributed by atoms with Gasteiger partial charge in [-0.05, 0) is 37.3 Å². The van der Waals surface area contributed by atoms with Crippen molar-refractivity contribution in [2.75, 3.05) is 24.5 Å². The summed E-state index contributed by atoms with van der Waals surface area (Å²) in [5.74, 6) is 1.44. The maximum atomic E-state index is 12.2. The lowest BCUT2D eigenvalue weighted by Gasteiger charge is -2.19. The molecule has 1 aliphatic heterocycles. The number of aromatic nitrogens is 1. The summed E-state index contributed by atoms with van der Waals surface area (Å²) in [4.78, 5) is 18.8. The lowest BCUT2D eigenvalue weighted by Crippen LogP contribution is -2.29. The second-order valence-corrected chi connectivity index (χ2v) is 5.51. The molecule has 2 heterocycles. The topological polar surface area (TPSA) is 45.2 Å². The standard InChI is InChI=1S/C15H23N3O/c1-12(2)7-9-17-15(19)13-6-5-8-16-14(13)18-10-3-4-11-18/h5-6,8,12H,3-4,7,9-11H2,1-2H3,(H,17,19). The number of pyridine rings is 1. The maximum absolute atomic E-state index is 12.2. The highest BCUT2D eigenvalue weighted by molar-refractivity contribution is 5.98. The number of nitrogens with zero attached hydrogens (tertiary/aromatic N) is 2. The number of hydrogen-bond acceptors (Lipinski definition) is 3. The van der Waals surface area contributed by atoms with Gasteiger partial charge in [0.15, 0.2) is 0 Å². The van der Waals surface area contributed by atoms with Gasteiger partial charge in [0, 0.05) is 25.8 Å². The Balaban J connectivity index is 2.04. The second kappa shape index (κ2) is 6.55. The van der Waals surface area contributed by atoms with Crippen LogP contribution in [0.3, 0.4) is 0 Å². The third-order valence-electron chi connectivity index (χ3n) is 3.44. The van der Waals surface area contributed by atoms with E-state index in [1.54, 1.807) is 6.20 Å². The second-order valence-electron chi connectivity index (χ2n) is 5.51. The van der Waals surface area contributed by atoms with Gasteiger partial charge in [-0.1, -0.05) is 13.8 Å². The van der Waals surface area contributed by atoms with E-state index in [1.165, 1.54) is 12.8 Å². The van der Waals surface area contributed by atoms with Crippen molar-refractivity contribution in [2.45, 2.75) is 33.1 Å². The molecule has 0 bridgehead atoms. The zero-order chi connectivity index (χ0) is 13.7. The summed E-state index contributed by atoms with van der Waals surface area (Å²) in [7, 11) is 0. The Bertz CT molecular complexity index is 425. The van der Waals surface area contributed by atoms with Gasteiger partial charge in [-0.15, -0.1) is 0 Å². The molecule has 1 aliphatic rings. The molecule has 19 heavy (non-hydrogen) atoms. The van der Waals surface area contributed by atoms with E-state index >= 15 is 0 Å². The molecular weight excluding hydrogens is 238 g/mol. The van der Waals surface area contributed by atoms with E-state index in [0.29, 0.717) is 11.5 Å². The Kier molecular flexibility index (Phi) is 4.77. The fourth-order valence-electron chi connectivity index (χ4n) is 2.32. The van der Waals surface area contributed by atoms with E-state index in [2.05, 4.69) is 29.0 Å². The molecule has 0 unspecified atom stereocenters. The molecule has 1 fully saturated rings. The first-order valence-corrected chi connectivity index (χ1v) is 7.16. The zero-order valence-electron chi connectivity index (χ0n) is 11.9. The van der Waals surface area contributed by atoms with Crippen molar-refractivity contribution in [1.29, 1.82) is 0 Å². The molecule has 104 valence electrons. The van der Waals surface area contributed by atoms with Gasteiger partial charge in [0.05, 0.1) is 5.56 Å². The first kappa shape index (κ1) is 13.8. The monoisotopic (exact) mass is 261 g/mol. The molecule has 1 N–H and O–H groups in total. The molecule has 0 radical (unpaired) electrons. The average molecular weight is 261 g/mol. The number of nitrogens with one attached hydrogen (secondary N) is 1. The van der Waals surface area contributed by atoms with Crippen LogP contribution in [0.15, 0.2) is 18.3 Å². The van der Waals surface area contributed by atoms with Crippen molar-refractivity contribution >= 4 is 11.7 Å². The first-order valence-electron chi connectivity index (χ1n) is 7.16. The van der Waals surface area contributed by atoms with Crippen LogP contribution < -0.4 is 10.2 Å². The Morgan fingerprint density at radius 1 is 1.42 bits per heavy atom. The summed E-state index contributed by atoms with van der Waals surface area (Å²) in [5, 5.41) is 2.99. The van der Waals surface area contributed by atoms with Gasteiger partial charge in [-0.2, -0.15) is 0 Å².